The first-order valence-corrected chi connectivity index (χ1v) is 10.2. The van der Waals surface area contributed by atoms with Crippen molar-refractivity contribution >= 4 is 17.9 Å². The lowest BCUT2D eigenvalue weighted by Crippen LogP contribution is -2.42. The third-order valence-electron chi connectivity index (χ3n) is 5.40. The van der Waals surface area contributed by atoms with Crippen LogP contribution in [0.4, 0.5) is 23.5 Å². The summed E-state index contributed by atoms with van der Waals surface area (Å²) >= 11 is 0. The van der Waals surface area contributed by atoms with E-state index in [-0.39, 0.29) is 29.3 Å². The van der Waals surface area contributed by atoms with Gasteiger partial charge in [-0.1, -0.05) is 6.92 Å². The SMILES string of the molecule is CCN1CCC[C@@H](Nc2nnc(-c3ccc(C(F)(F)F)cc3O)c3c(F)ccn23)C1.O=CO. The third kappa shape index (κ3) is 5.33. The number of likely N-dealkylation sites (N-methyl/N-ethyl adjacent to an activating group) is 1. The summed E-state index contributed by atoms with van der Waals surface area (Å²) in [5, 5.41) is 28.5. The zero-order chi connectivity index (χ0) is 24.2. The lowest BCUT2D eigenvalue weighted by atomic mass is 10.1. The van der Waals surface area contributed by atoms with Crippen LogP contribution in [0.15, 0.2) is 30.5 Å². The average Bonchev–Trinajstić information content (AvgIpc) is 3.16. The quantitative estimate of drug-likeness (QED) is 0.394. The van der Waals surface area contributed by atoms with Gasteiger partial charge in [-0.3, -0.25) is 9.20 Å². The summed E-state index contributed by atoms with van der Waals surface area (Å²) in [5.41, 5.74) is -1.03. The molecule has 3 aromatic rings. The number of halogens is 4. The minimum Gasteiger partial charge on any atom is -0.507 e. The fourth-order valence-electron chi connectivity index (χ4n) is 3.84. The van der Waals surface area contributed by atoms with Gasteiger partial charge in [0.15, 0.2) is 5.82 Å². The molecule has 0 spiro atoms. The molecule has 1 fully saturated rings. The van der Waals surface area contributed by atoms with Gasteiger partial charge in [0.1, 0.15) is 17.0 Å². The second-order valence-electron chi connectivity index (χ2n) is 7.47. The molecule has 3 N–H and O–H groups in total. The number of phenols is 1. The van der Waals surface area contributed by atoms with Crippen molar-refractivity contribution in [2.24, 2.45) is 0 Å². The van der Waals surface area contributed by atoms with E-state index in [9.17, 15) is 22.7 Å². The normalized spacial score (nSPS) is 16.8. The van der Waals surface area contributed by atoms with Crippen molar-refractivity contribution in [2.75, 3.05) is 25.0 Å². The second-order valence-corrected chi connectivity index (χ2v) is 7.47. The molecule has 8 nitrogen and oxygen atoms in total. The Morgan fingerprint density at radius 1 is 1.27 bits per heavy atom. The van der Waals surface area contributed by atoms with Gasteiger partial charge in [0, 0.05) is 24.3 Å². The van der Waals surface area contributed by atoms with E-state index in [0.29, 0.717) is 12.0 Å². The van der Waals surface area contributed by atoms with Crippen LogP contribution in [-0.4, -0.2) is 61.9 Å². The van der Waals surface area contributed by atoms with Crippen molar-refractivity contribution in [3.05, 3.63) is 41.8 Å². The highest BCUT2D eigenvalue weighted by Crippen LogP contribution is 2.38. The molecular formula is C21H23F4N5O3. The Balaban J connectivity index is 0.000000968. The predicted octanol–water partition coefficient (Wildman–Crippen LogP) is 3.86. The number of piperidine rings is 1. The first kappa shape index (κ1) is 24.2. The molecule has 0 bridgehead atoms. The van der Waals surface area contributed by atoms with Crippen molar-refractivity contribution in [3.8, 4) is 17.0 Å². The number of phenolic OH excluding ortho intramolecular Hbond substituents is 1. The van der Waals surface area contributed by atoms with Crippen LogP contribution in [0.2, 0.25) is 0 Å². The van der Waals surface area contributed by atoms with Crippen LogP contribution in [0, 0.1) is 5.82 Å². The lowest BCUT2D eigenvalue weighted by Gasteiger charge is -2.32. The number of carboxylic acid groups (broad SMARTS) is 1. The summed E-state index contributed by atoms with van der Waals surface area (Å²) in [6.07, 6.45) is -1.16. The topological polar surface area (TPSA) is 103 Å². The monoisotopic (exact) mass is 469 g/mol. The van der Waals surface area contributed by atoms with Gasteiger partial charge in [-0.2, -0.15) is 13.2 Å². The van der Waals surface area contributed by atoms with Crippen LogP contribution in [0.1, 0.15) is 25.3 Å². The molecule has 0 aliphatic carbocycles. The van der Waals surface area contributed by atoms with Crippen LogP contribution in [0.25, 0.3) is 16.8 Å². The second kappa shape index (κ2) is 10.0. The summed E-state index contributed by atoms with van der Waals surface area (Å²) < 4.78 is 54.7. The summed E-state index contributed by atoms with van der Waals surface area (Å²) in [4.78, 5) is 10.7. The number of hydrogen-bond donors (Lipinski definition) is 3. The van der Waals surface area contributed by atoms with Crippen molar-refractivity contribution < 1.29 is 32.6 Å². The number of nitrogens with one attached hydrogen (secondary N) is 1. The standard InChI is InChI=1S/C20H21F4N5O.CH2O2/c1-2-28-8-3-4-13(11-28)25-19-27-26-17(18-15(21)7-9-29(18)19)14-6-5-12(10-16(14)30)20(22,23)24;2-1-3/h5-7,9-10,13,30H,2-4,8,11H2,1H3,(H,25,27);1H,(H,2,3)/t13-;/m1./s1. The highest BCUT2D eigenvalue weighted by Gasteiger charge is 2.31. The Labute approximate surface area is 186 Å². The number of benzene rings is 1. The van der Waals surface area contributed by atoms with Crippen molar-refractivity contribution in [2.45, 2.75) is 32.0 Å². The fraction of sp³-hybridized carbons (Fsp3) is 0.381. The lowest BCUT2D eigenvalue weighted by molar-refractivity contribution is -0.137. The summed E-state index contributed by atoms with van der Waals surface area (Å²) in [5.74, 6) is -0.915. The number of rotatable bonds is 4. The zero-order valence-electron chi connectivity index (χ0n) is 17.7. The van der Waals surface area contributed by atoms with E-state index in [2.05, 4.69) is 27.3 Å². The van der Waals surface area contributed by atoms with E-state index >= 15 is 0 Å². The van der Waals surface area contributed by atoms with Gasteiger partial charge in [0.2, 0.25) is 5.95 Å². The Bertz CT molecular complexity index is 1120. The molecule has 0 unspecified atom stereocenters. The highest BCUT2D eigenvalue weighted by molar-refractivity contribution is 5.81. The minimum atomic E-state index is -4.60. The molecule has 2 aromatic heterocycles. The van der Waals surface area contributed by atoms with E-state index in [0.717, 1.165) is 44.6 Å². The molecule has 1 saturated heterocycles. The van der Waals surface area contributed by atoms with Gasteiger partial charge < -0.3 is 20.4 Å². The van der Waals surface area contributed by atoms with Crippen LogP contribution in [-0.2, 0) is 11.0 Å². The Morgan fingerprint density at radius 3 is 2.64 bits per heavy atom. The van der Waals surface area contributed by atoms with E-state index in [1.165, 1.54) is 16.7 Å². The molecule has 3 heterocycles. The molecule has 12 heteroatoms. The number of nitrogens with zero attached hydrogens (tertiary/aromatic N) is 4. The molecule has 0 saturated carbocycles. The van der Waals surface area contributed by atoms with Gasteiger partial charge >= 0.3 is 6.18 Å². The Kier molecular flexibility index (Phi) is 7.36. The van der Waals surface area contributed by atoms with Crippen molar-refractivity contribution in [1.82, 2.24) is 19.5 Å². The maximum absolute atomic E-state index is 14.6. The van der Waals surface area contributed by atoms with Gasteiger partial charge in [-0.15, -0.1) is 10.2 Å². The van der Waals surface area contributed by atoms with Crippen LogP contribution in [0.5, 0.6) is 5.75 Å². The molecule has 1 aliphatic rings. The van der Waals surface area contributed by atoms with Crippen LogP contribution < -0.4 is 5.32 Å². The van der Waals surface area contributed by atoms with Gasteiger partial charge in [-0.25, -0.2) is 4.39 Å². The predicted molar refractivity (Wildman–Crippen MR) is 112 cm³/mol. The van der Waals surface area contributed by atoms with Gasteiger partial charge in [0.25, 0.3) is 6.47 Å². The molecule has 178 valence electrons. The van der Waals surface area contributed by atoms with Crippen LogP contribution >= 0.6 is 0 Å². The smallest absolute Gasteiger partial charge is 0.416 e. The van der Waals surface area contributed by atoms with Crippen LogP contribution in [0.3, 0.4) is 0 Å². The van der Waals surface area contributed by atoms with E-state index in [4.69, 9.17) is 9.90 Å². The van der Waals surface area contributed by atoms with Crippen molar-refractivity contribution in [3.63, 3.8) is 0 Å². The molecule has 4 rings (SSSR count). The summed E-state index contributed by atoms with van der Waals surface area (Å²) in [6, 6.07) is 3.84. The fourth-order valence-corrected chi connectivity index (χ4v) is 3.84. The average molecular weight is 469 g/mol. The molecular weight excluding hydrogens is 446 g/mol. The van der Waals surface area contributed by atoms with Gasteiger partial charge in [-0.05, 0) is 50.2 Å². The first-order valence-electron chi connectivity index (χ1n) is 10.2. The van der Waals surface area contributed by atoms with E-state index in [1.807, 2.05) is 0 Å². The summed E-state index contributed by atoms with van der Waals surface area (Å²) in [6.45, 7) is 4.63. The Hall–Kier alpha value is -3.41. The Morgan fingerprint density at radius 2 is 2.00 bits per heavy atom. The highest BCUT2D eigenvalue weighted by atomic mass is 19.4. The van der Waals surface area contributed by atoms with E-state index < -0.39 is 23.3 Å². The van der Waals surface area contributed by atoms with Crippen molar-refractivity contribution in [1.29, 1.82) is 0 Å². The molecule has 1 aliphatic heterocycles. The number of aromatic hydroxyl groups is 1. The molecule has 1 atom stereocenters. The molecule has 33 heavy (non-hydrogen) atoms. The molecule has 0 amide bonds. The van der Waals surface area contributed by atoms with E-state index in [1.54, 1.807) is 0 Å². The number of alkyl halides is 3. The number of fused-ring (bicyclic) bond motifs is 1. The number of likely N-dealkylation sites (tertiary alicyclic amines) is 1. The molecule has 0 radical (unpaired) electrons. The molecule has 1 aromatic carbocycles. The number of aromatic nitrogens is 3. The zero-order valence-corrected chi connectivity index (χ0v) is 17.7. The summed E-state index contributed by atoms with van der Waals surface area (Å²) in [7, 11) is 0. The number of carbonyl (C=O) groups is 1. The first-order chi connectivity index (χ1) is 15.7. The maximum atomic E-state index is 14.6. The maximum Gasteiger partial charge on any atom is 0.416 e. The number of anilines is 1. The number of hydrogen-bond acceptors (Lipinski definition) is 6. The third-order valence-corrected chi connectivity index (χ3v) is 5.40. The largest absolute Gasteiger partial charge is 0.507 e. The minimum absolute atomic E-state index is 0.0283. The van der Waals surface area contributed by atoms with Gasteiger partial charge in [0.05, 0.1) is 5.56 Å².